The molecule has 0 fully saturated rings. The summed E-state index contributed by atoms with van der Waals surface area (Å²) in [6, 6.07) is 6.33. The van der Waals surface area contributed by atoms with E-state index in [2.05, 4.69) is 16.7 Å². The topological polar surface area (TPSA) is 48.3 Å². The third-order valence-electron chi connectivity index (χ3n) is 2.93. The lowest BCUT2D eigenvalue weighted by Crippen LogP contribution is -2.32. The van der Waals surface area contributed by atoms with Crippen LogP contribution in [0.4, 0.5) is 4.39 Å². The molecule has 0 aliphatic carbocycles. The second kappa shape index (κ2) is 9.89. The molecular formula is C15H20ClFN4O. The third-order valence-corrected chi connectivity index (χ3v) is 3.22. The van der Waals surface area contributed by atoms with Crippen molar-refractivity contribution in [2.45, 2.75) is 13.5 Å². The lowest BCUT2D eigenvalue weighted by Gasteiger charge is -2.18. The third kappa shape index (κ3) is 6.22. The molecule has 22 heavy (non-hydrogen) atoms. The maximum Gasteiger partial charge on any atom is 0.245 e. The number of hydrogen-bond acceptors (Lipinski definition) is 3. The molecule has 0 unspecified atom stereocenters. The zero-order valence-electron chi connectivity index (χ0n) is 12.6. The van der Waals surface area contributed by atoms with Gasteiger partial charge in [-0.05, 0) is 31.3 Å². The van der Waals surface area contributed by atoms with Crippen molar-refractivity contribution in [1.29, 1.82) is 0 Å². The van der Waals surface area contributed by atoms with Crippen LogP contribution in [0, 0.1) is 5.82 Å². The Morgan fingerprint density at radius 3 is 2.64 bits per heavy atom. The molecule has 0 saturated heterocycles. The SMILES string of the molecule is C=NCN(C=NCC(=O)N(CC)CCl)Cc1ccc(F)cc1. The van der Waals surface area contributed by atoms with Crippen molar-refractivity contribution < 1.29 is 9.18 Å². The second-order valence-corrected chi connectivity index (χ2v) is 4.80. The molecule has 0 heterocycles. The minimum atomic E-state index is -0.280. The van der Waals surface area contributed by atoms with Crippen LogP contribution in [0.15, 0.2) is 34.3 Å². The Balaban J connectivity index is 2.59. The average Bonchev–Trinajstić information content (AvgIpc) is 2.51. The smallest absolute Gasteiger partial charge is 0.245 e. The van der Waals surface area contributed by atoms with Gasteiger partial charge in [-0.2, -0.15) is 0 Å². The van der Waals surface area contributed by atoms with Gasteiger partial charge < -0.3 is 9.80 Å². The van der Waals surface area contributed by atoms with Gasteiger partial charge in [0.2, 0.25) is 5.91 Å². The van der Waals surface area contributed by atoms with Crippen LogP contribution in [0.2, 0.25) is 0 Å². The Kier molecular flexibility index (Phi) is 8.14. The van der Waals surface area contributed by atoms with Gasteiger partial charge in [-0.3, -0.25) is 14.8 Å². The van der Waals surface area contributed by atoms with Crippen molar-refractivity contribution in [3.8, 4) is 0 Å². The number of likely N-dealkylation sites (N-methyl/N-ethyl adjacent to an activating group) is 1. The molecule has 0 spiro atoms. The Labute approximate surface area is 135 Å². The van der Waals surface area contributed by atoms with Gasteiger partial charge in [0.15, 0.2) is 0 Å². The summed E-state index contributed by atoms with van der Waals surface area (Å²) in [5, 5.41) is 0. The fourth-order valence-corrected chi connectivity index (χ4v) is 2.04. The highest BCUT2D eigenvalue weighted by atomic mass is 35.5. The molecular weight excluding hydrogens is 307 g/mol. The van der Waals surface area contributed by atoms with E-state index in [1.165, 1.54) is 17.0 Å². The quantitative estimate of drug-likeness (QED) is 0.303. The van der Waals surface area contributed by atoms with Crippen LogP contribution in [0.1, 0.15) is 12.5 Å². The molecule has 1 amide bonds. The van der Waals surface area contributed by atoms with Gasteiger partial charge in [-0.25, -0.2) is 4.39 Å². The molecule has 1 rings (SSSR count). The largest absolute Gasteiger partial charge is 0.339 e. The van der Waals surface area contributed by atoms with Crippen molar-refractivity contribution in [3.05, 3.63) is 35.6 Å². The van der Waals surface area contributed by atoms with E-state index >= 15 is 0 Å². The summed E-state index contributed by atoms with van der Waals surface area (Å²) in [4.78, 5) is 23.0. The Hall–Kier alpha value is -1.95. The van der Waals surface area contributed by atoms with Gasteiger partial charge in [0, 0.05) is 13.1 Å². The van der Waals surface area contributed by atoms with E-state index in [4.69, 9.17) is 11.6 Å². The number of carbonyl (C=O) groups excluding carboxylic acids is 1. The van der Waals surface area contributed by atoms with Gasteiger partial charge in [0.25, 0.3) is 0 Å². The molecule has 0 aromatic heterocycles. The summed E-state index contributed by atoms with van der Waals surface area (Å²) in [6.07, 6.45) is 1.55. The molecule has 0 atom stereocenters. The highest BCUT2D eigenvalue weighted by molar-refractivity contribution is 6.18. The zero-order chi connectivity index (χ0) is 16.4. The number of alkyl halides is 1. The van der Waals surface area contributed by atoms with E-state index in [9.17, 15) is 9.18 Å². The molecule has 5 nitrogen and oxygen atoms in total. The Bertz CT molecular complexity index is 503. The minimum absolute atomic E-state index is 0.0254. The number of halogens is 2. The predicted octanol–water partition coefficient (Wildman–Crippen LogP) is 2.36. The first kappa shape index (κ1) is 18.1. The monoisotopic (exact) mass is 326 g/mol. The average molecular weight is 327 g/mol. The van der Waals surface area contributed by atoms with Gasteiger partial charge in [0.05, 0.1) is 12.3 Å². The van der Waals surface area contributed by atoms with Crippen LogP contribution in [0.25, 0.3) is 0 Å². The fraction of sp³-hybridized carbons (Fsp3) is 0.400. The highest BCUT2D eigenvalue weighted by Gasteiger charge is 2.08. The summed E-state index contributed by atoms with van der Waals surface area (Å²) >= 11 is 5.66. The van der Waals surface area contributed by atoms with Crippen LogP contribution >= 0.6 is 11.6 Å². The van der Waals surface area contributed by atoms with Crippen LogP contribution < -0.4 is 0 Å². The summed E-state index contributed by atoms with van der Waals surface area (Å²) in [6.45, 7) is 6.71. The fourth-order valence-electron chi connectivity index (χ4n) is 1.74. The molecule has 0 bridgehead atoms. The van der Waals surface area contributed by atoms with E-state index in [0.717, 1.165) is 5.56 Å². The lowest BCUT2D eigenvalue weighted by atomic mass is 10.2. The summed E-state index contributed by atoms with van der Waals surface area (Å²) < 4.78 is 12.9. The second-order valence-electron chi connectivity index (χ2n) is 4.56. The molecule has 0 saturated carbocycles. The molecule has 0 radical (unpaired) electrons. The summed E-state index contributed by atoms with van der Waals surface area (Å²) in [5.74, 6) is -0.417. The van der Waals surface area contributed by atoms with Crippen LogP contribution in [-0.4, -0.2) is 54.5 Å². The standard InChI is InChI=1S/C15H20ClFN4O/c1-3-21(10-16)15(22)8-19-12-20(11-18-2)9-13-4-6-14(17)7-5-13/h4-7,12H,2-3,8-11H2,1H3. The molecule has 7 heteroatoms. The van der Waals surface area contributed by atoms with Gasteiger partial charge in [0.1, 0.15) is 19.0 Å². The van der Waals surface area contributed by atoms with Crippen LogP contribution in [0.3, 0.4) is 0 Å². The molecule has 0 aliphatic heterocycles. The van der Waals surface area contributed by atoms with Crippen molar-refractivity contribution in [2.75, 3.05) is 25.8 Å². The number of hydrogen-bond donors (Lipinski definition) is 0. The Morgan fingerprint density at radius 1 is 1.41 bits per heavy atom. The van der Waals surface area contributed by atoms with Crippen molar-refractivity contribution in [3.63, 3.8) is 0 Å². The molecule has 1 aromatic carbocycles. The Morgan fingerprint density at radius 2 is 2.09 bits per heavy atom. The van der Waals surface area contributed by atoms with Crippen molar-refractivity contribution in [2.24, 2.45) is 9.98 Å². The summed E-state index contributed by atoms with van der Waals surface area (Å²) in [7, 11) is 0. The number of amides is 1. The number of nitrogens with zero attached hydrogens (tertiary/aromatic N) is 4. The van der Waals surface area contributed by atoms with E-state index in [0.29, 0.717) is 19.8 Å². The zero-order valence-corrected chi connectivity index (χ0v) is 13.3. The normalized spacial score (nSPS) is 10.7. The first-order chi connectivity index (χ1) is 10.6. The lowest BCUT2D eigenvalue weighted by molar-refractivity contribution is -0.128. The van der Waals surface area contributed by atoms with Gasteiger partial charge in [-0.15, -0.1) is 11.6 Å². The summed E-state index contributed by atoms with van der Waals surface area (Å²) in [5.41, 5.74) is 0.916. The van der Waals surface area contributed by atoms with Gasteiger partial charge >= 0.3 is 0 Å². The molecule has 0 N–H and O–H groups in total. The van der Waals surface area contributed by atoms with Crippen LogP contribution in [0.5, 0.6) is 0 Å². The molecule has 1 aromatic rings. The maximum atomic E-state index is 12.9. The van der Waals surface area contributed by atoms with E-state index < -0.39 is 0 Å². The number of rotatable bonds is 9. The van der Waals surface area contributed by atoms with Crippen molar-refractivity contribution >= 4 is 30.6 Å². The van der Waals surface area contributed by atoms with E-state index in [-0.39, 0.29) is 24.3 Å². The first-order valence-electron chi connectivity index (χ1n) is 6.85. The number of aliphatic imine (C=N–C) groups is 2. The van der Waals surface area contributed by atoms with Crippen LogP contribution in [-0.2, 0) is 11.3 Å². The molecule has 120 valence electrons. The maximum absolute atomic E-state index is 12.9. The predicted molar refractivity (Wildman–Crippen MR) is 87.8 cm³/mol. The van der Waals surface area contributed by atoms with Crippen molar-refractivity contribution in [1.82, 2.24) is 9.80 Å². The van der Waals surface area contributed by atoms with E-state index in [1.54, 1.807) is 23.4 Å². The highest BCUT2D eigenvalue weighted by Crippen LogP contribution is 2.05. The minimum Gasteiger partial charge on any atom is -0.339 e. The van der Waals surface area contributed by atoms with E-state index in [1.807, 2.05) is 6.92 Å². The van der Waals surface area contributed by atoms with Gasteiger partial charge in [-0.1, -0.05) is 12.1 Å². The number of benzene rings is 1. The number of carbonyl (C=O) groups is 1. The molecule has 0 aliphatic rings. The first-order valence-corrected chi connectivity index (χ1v) is 7.38.